The lowest BCUT2D eigenvalue weighted by molar-refractivity contribution is -0.117. The second kappa shape index (κ2) is 11.4. The van der Waals surface area contributed by atoms with Crippen molar-refractivity contribution >= 4 is 28.2 Å². The fourth-order valence-corrected chi connectivity index (χ4v) is 6.05. The van der Waals surface area contributed by atoms with Crippen molar-refractivity contribution in [2.24, 2.45) is 0 Å². The molecule has 5 rings (SSSR count). The number of ether oxygens (including phenoxy) is 1. The number of thiophene rings is 1. The Hall–Kier alpha value is -3.00. The Bertz CT molecular complexity index is 1130. The third kappa shape index (κ3) is 5.69. The van der Waals surface area contributed by atoms with Crippen LogP contribution in [0.15, 0.2) is 66.0 Å². The first-order valence-electron chi connectivity index (χ1n) is 12.8. The van der Waals surface area contributed by atoms with E-state index >= 15 is 0 Å². The zero-order chi connectivity index (χ0) is 24.9. The molecule has 7 heteroatoms. The molecular weight excluding hydrogens is 470 g/mol. The van der Waals surface area contributed by atoms with E-state index in [1.165, 1.54) is 22.5 Å². The summed E-state index contributed by atoms with van der Waals surface area (Å²) in [6, 6.07) is 21.4. The highest BCUT2D eigenvalue weighted by molar-refractivity contribution is 7.15. The van der Waals surface area contributed by atoms with E-state index in [1.54, 1.807) is 6.92 Å². The van der Waals surface area contributed by atoms with E-state index in [2.05, 4.69) is 75.8 Å². The molecule has 188 valence electrons. The Kier molecular flexibility index (Phi) is 7.80. The van der Waals surface area contributed by atoms with Crippen LogP contribution in [0.3, 0.4) is 0 Å². The lowest BCUT2D eigenvalue weighted by Gasteiger charge is -2.39. The van der Waals surface area contributed by atoms with E-state index in [0.29, 0.717) is 29.6 Å². The zero-order valence-corrected chi connectivity index (χ0v) is 21.5. The quantitative estimate of drug-likeness (QED) is 0.409. The first-order valence-corrected chi connectivity index (χ1v) is 13.7. The maximum atomic E-state index is 13.0. The topological polar surface area (TPSA) is 61.9 Å². The number of rotatable bonds is 9. The van der Waals surface area contributed by atoms with Crippen molar-refractivity contribution < 1.29 is 14.3 Å². The Labute approximate surface area is 216 Å². The predicted molar refractivity (Wildman–Crippen MR) is 144 cm³/mol. The number of carbonyl (C=O) groups excluding carboxylic acids is 2. The van der Waals surface area contributed by atoms with Gasteiger partial charge in [0.15, 0.2) is 0 Å². The van der Waals surface area contributed by atoms with Crippen molar-refractivity contribution in [2.75, 3.05) is 44.6 Å². The van der Waals surface area contributed by atoms with Crippen LogP contribution in [0.1, 0.15) is 58.8 Å². The molecule has 1 saturated carbocycles. The SMILES string of the molecule is CCOC(=O)c1c(C2CC2)csc1NC(=O)CN1CCN(C(c2ccccc2)c2ccccc2)CC1. The van der Waals surface area contributed by atoms with Crippen LogP contribution in [0.25, 0.3) is 0 Å². The molecule has 0 bridgehead atoms. The Morgan fingerprint density at radius 3 is 2.14 bits per heavy atom. The fraction of sp³-hybridized carbons (Fsp3) is 0.379. The molecule has 0 atom stereocenters. The third-order valence-electron chi connectivity index (χ3n) is 6.94. The Balaban J connectivity index is 1.21. The monoisotopic (exact) mass is 503 g/mol. The van der Waals surface area contributed by atoms with Gasteiger partial charge >= 0.3 is 5.97 Å². The van der Waals surface area contributed by atoms with Gasteiger partial charge in [0.1, 0.15) is 5.00 Å². The molecule has 36 heavy (non-hydrogen) atoms. The largest absolute Gasteiger partial charge is 0.462 e. The van der Waals surface area contributed by atoms with Crippen LogP contribution in [0, 0.1) is 0 Å². The number of amides is 1. The number of hydrogen-bond acceptors (Lipinski definition) is 6. The minimum Gasteiger partial charge on any atom is -0.462 e. The van der Waals surface area contributed by atoms with E-state index < -0.39 is 0 Å². The summed E-state index contributed by atoms with van der Waals surface area (Å²) in [5.74, 6) is -0.000134. The van der Waals surface area contributed by atoms with Gasteiger partial charge in [-0.1, -0.05) is 60.7 Å². The van der Waals surface area contributed by atoms with Crippen molar-refractivity contribution in [2.45, 2.75) is 31.7 Å². The van der Waals surface area contributed by atoms with Gasteiger partial charge in [-0.3, -0.25) is 14.6 Å². The van der Waals surface area contributed by atoms with Crippen LogP contribution in [0.2, 0.25) is 0 Å². The summed E-state index contributed by atoms with van der Waals surface area (Å²) in [5.41, 5.74) is 4.14. The molecule has 2 fully saturated rings. The summed E-state index contributed by atoms with van der Waals surface area (Å²) in [7, 11) is 0. The molecule has 0 spiro atoms. The first kappa shape index (κ1) is 24.7. The van der Waals surface area contributed by atoms with Crippen LogP contribution < -0.4 is 5.32 Å². The summed E-state index contributed by atoms with van der Waals surface area (Å²) < 4.78 is 5.28. The van der Waals surface area contributed by atoms with Gasteiger partial charge in [-0.25, -0.2) is 4.79 Å². The summed E-state index contributed by atoms with van der Waals surface area (Å²) in [5, 5.41) is 5.63. The lowest BCUT2D eigenvalue weighted by Crippen LogP contribution is -2.49. The smallest absolute Gasteiger partial charge is 0.341 e. The highest BCUT2D eigenvalue weighted by Crippen LogP contribution is 2.46. The molecule has 0 unspecified atom stereocenters. The number of nitrogens with zero attached hydrogens (tertiary/aromatic N) is 2. The second-order valence-electron chi connectivity index (χ2n) is 9.47. The lowest BCUT2D eigenvalue weighted by atomic mass is 9.96. The molecule has 0 radical (unpaired) electrons. The van der Waals surface area contributed by atoms with Crippen molar-refractivity contribution in [1.82, 2.24) is 9.80 Å². The van der Waals surface area contributed by atoms with E-state index in [4.69, 9.17) is 4.74 Å². The number of piperazine rings is 1. The van der Waals surface area contributed by atoms with Gasteiger partial charge in [-0.2, -0.15) is 0 Å². The highest BCUT2D eigenvalue weighted by atomic mass is 32.1. The van der Waals surface area contributed by atoms with Crippen LogP contribution in [0.5, 0.6) is 0 Å². The van der Waals surface area contributed by atoms with Gasteiger partial charge in [0.25, 0.3) is 0 Å². The fourth-order valence-electron chi connectivity index (χ4n) is 5.01. The zero-order valence-electron chi connectivity index (χ0n) is 20.7. The summed E-state index contributed by atoms with van der Waals surface area (Å²) in [4.78, 5) is 30.2. The number of anilines is 1. The maximum Gasteiger partial charge on any atom is 0.341 e. The maximum absolute atomic E-state index is 13.0. The van der Waals surface area contributed by atoms with Crippen LogP contribution in [0.4, 0.5) is 5.00 Å². The average molecular weight is 504 g/mol. The number of carbonyl (C=O) groups is 2. The molecular formula is C29H33N3O3S. The van der Waals surface area contributed by atoms with Crippen LogP contribution in [-0.4, -0.2) is 61.0 Å². The molecule has 1 aliphatic carbocycles. The van der Waals surface area contributed by atoms with Crippen LogP contribution >= 0.6 is 11.3 Å². The normalized spacial score (nSPS) is 16.7. The molecule has 1 saturated heterocycles. The number of esters is 1. The third-order valence-corrected chi connectivity index (χ3v) is 7.85. The summed E-state index contributed by atoms with van der Waals surface area (Å²) in [6.45, 7) is 5.82. The molecule has 1 amide bonds. The summed E-state index contributed by atoms with van der Waals surface area (Å²) >= 11 is 1.43. The van der Waals surface area contributed by atoms with Crippen molar-refractivity contribution in [1.29, 1.82) is 0 Å². The summed E-state index contributed by atoms with van der Waals surface area (Å²) in [6.07, 6.45) is 2.18. The van der Waals surface area contributed by atoms with E-state index in [0.717, 1.165) is 44.6 Å². The molecule has 2 aliphatic rings. The van der Waals surface area contributed by atoms with Crippen molar-refractivity contribution in [3.63, 3.8) is 0 Å². The molecule has 1 N–H and O–H groups in total. The minimum absolute atomic E-state index is 0.0825. The van der Waals surface area contributed by atoms with Gasteiger partial charge in [0.2, 0.25) is 5.91 Å². The van der Waals surface area contributed by atoms with E-state index in [-0.39, 0.29) is 17.9 Å². The highest BCUT2D eigenvalue weighted by Gasteiger charge is 2.33. The van der Waals surface area contributed by atoms with Crippen LogP contribution in [-0.2, 0) is 9.53 Å². The van der Waals surface area contributed by atoms with E-state index in [9.17, 15) is 9.59 Å². The average Bonchev–Trinajstić information content (AvgIpc) is 3.66. The Morgan fingerprint density at radius 1 is 0.972 bits per heavy atom. The van der Waals surface area contributed by atoms with E-state index in [1.807, 2.05) is 5.38 Å². The van der Waals surface area contributed by atoms with Crippen molar-refractivity contribution in [3.8, 4) is 0 Å². The minimum atomic E-state index is -0.336. The standard InChI is InChI=1S/C29H33N3O3S/c1-2-35-29(34)26-24(21-13-14-21)20-36-28(26)30-25(33)19-31-15-17-32(18-16-31)27(22-9-5-3-6-10-22)23-11-7-4-8-12-23/h3-12,20-21,27H,2,13-19H2,1H3,(H,30,33). The molecule has 6 nitrogen and oxygen atoms in total. The molecule has 2 heterocycles. The van der Waals surface area contributed by atoms with Gasteiger partial charge in [-0.15, -0.1) is 11.3 Å². The second-order valence-corrected chi connectivity index (χ2v) is 10.4. The molecule has 1 aromatic heterocycles. The number of benzene rings is 2. The van der Waals surface area contributed by atoms with Gasteiger partial charge in [-0.05, 0) is 47.8 Å². The van der Waals surface area contributed by atoms with Gasteiger partial charge in [0.05, 0.1) is 24.8 Å². The number of hydrogen-bond donors (Lipinski definition) is 1. The van der Waals surface area contributed by atoms with Gasteiger partial charge < -0.3 is 10.1 Å². The predicted octanol–water partition coefficient (Wildman–Crippen LogP) is 5.15. The first-order chi connectivity index (χ1) is 17.6. The number of nitrogens with one attached hydrogen (secondary N) is 1. The van der Waals surface area contributed by atoms with Crippen molar-refractivity contribution in [3.05, 3.63) is 88.3 Å². The van der Waals surface area contributed by atoms with Gasteiger partial charge in [0, 0.05) is 26.2 Å². The molecule has 3 aromatic rings. The Morgan fingerprint density at radius 2 is 1.58 bits per heavy atom. The molecule has 1 aliphatic heterocycles. The molecule has 2 aromatic carbocycles.